The second-order valence-corrected chi connectivity index (χ2v) is 10.2. The fourth-order valence-electron chi connectivity index (χ4n) is 3.92. The van der Waals surface area contributed by atoms with Crippen molar-refractivity contribution >= 4 is 38.9 Å². The van der Waals surface area contributed by atoms with Gasteiger partial charge in [0, 0.05) is 58.6 Å². The summed E-state index contributed by atoms with van der Waals surface area (Å²) in [6.45, 7) is 6.40. The molecule has 1 atom stereocenters. The second kappa shape index (κ2) is 7.47. The van der Waals surface area contributed by atoms with Crippen molar-refractivity contribution < 1.29 is 4.21 Å². The van der Waals surface area contributed by atoms with Gasteiger partial charge in [0.1, 0.15) is 5.15 Å². The summed E-state index contributed by atoms with van der Waals surface area (Å²) in [5, 5.41) is 2.92. The number of hydrogen-bond acceptors (Lipinski definition) is 3. The molecule has 2 aromatic rings. The van der Waals surface area contributed by atoms with E-state index in [0.29, 0.717) is 17.0 Å². The van der Waals surface area contributed by atoms with Crippen LogP contribution in [0.15, 0.2) is 24.4 Å². The van der Waals surface area contributed by atoms with Crippen molar-refractivity contribution in [3.8, 4) is 0 Å². The van der Waals surface area contributed by atoms with Gasteiger partial charge in [-0.05, 0) is 41.3 Å². The fraction of sp³-hybridized carbons (Fsp3) is 0.571. The van der Waals surface area contributed by atoms with Crippen LogP contribution < -0.4 is 4.90 Å². The zero-order valence-corrected chi connectivity index (χ0v) is 17.2. The molecule has 1 unspecified atom stereocenters. The van der Waals surface area contributed by atoms with Crippen molar-refractivity contribution in [2.75, 3.05) is 29.5 Å². The van der Waals surface area contributed by atoms with E-state index >= 15 is 0 Å². The van der Waals surface area contributed by atoms with Gasteiger partial charge in [-0.25, -0.2) is 4.98 Å². The Bertz CT molecular complexity index is 828. The Kier molecular flexibility index (Phi) is 5.24. The number of pyridine rings is 1. The molecule has 5 heteroatoms. The van der Waals surface area contributed by atoms with Crippen LogP contribution in [0.3, 0.4) is 0 Å². The van der Waals surface area contributed by atoms with E-state index in [4.69, 9.17) is 11.6 Å². The number of nitrogens with zero attached hydrogens (tertiary/aromatic N) is 2. The molecule has 0 radical (unpaired) electrons. The standard InChI is InChI=1S/C21H27ClN2OS/c1-14(2)17-5-6-20(19-10-23-21(22)9-18(17)19)24-11-16(12-24)13-26(25)8-7-15-3-4-15/h5-6,9-10,14-16H,3-4,7-8,11-13H2,1-2H3. The zero-order chi connectivity index (χ0) is 18.3. The third-order valence-electron chi connectivity index (χ3n) is 5.67. The zero-order valence-electron chi connectivity index (χ0n) is 15.6. The highest BCUT2D eigenvalue weighted by atomic mass is 35.5. The number of halogens is 1. The largest absolute Gasteiger partial charge is 0.370 e. The predicted molar refractivity (Wildman–Crippen MR) is 112 cm³/mol. The maximum absolute atomic E-state index is 12.3. The van der Waals surface area contributed by atoms with Gasteiger partial charge in [0.15, 0.2) is 0 Å². The average molecular weight is 391 g/mol. The van der Waals surface area contributed by atoms with Crippen molar-refractivity contribution in [2.24, 2.45) is 11.8 Å². The number of rotatable bonds is 7. The number of benzene rings is 1. The van der Waals surface area contributed by atoms with Crippen molar-refractivity contribution in [1.29, 1.82) is 0 Å². The summed E-state index contributed by atoms with van der Waals surface area (Å²) in [5.41, 5.74) is 2.54. The molecule has 0 bridgehead atoms. The Labute approximate surface area is 163 Å². The number of anilines is 1. The van der Waals surface area contributed by atoms with Gasteiger partial charge >= 0.3 is 0 Å². The van der Waals surface area contributed by atoms with Gasteiger partial charge in [0.25, 0.3) is 0 Å². The Hall–Kier alpha value is -1.13. The quantitative estimate of drug-likeness (QED) is 0.624. The lowest BCUT2D eigenvalue weighted by molar-refractivity contribution is 0.451. The van der Waals surface area contributed by atoms with Crippen molar-refractivity contribution in [3.05, 3.63) is 35.1 Å². The summed E-state index contributed by atoms with van der Waals surface area (Å²) in [6.07, 6.45) is 5.77. The third-order valence-corrected chi connectivity index (χ3v) is 7.41. The molecular formula is C21H27ClN2OS. The Morgan fingerprint density at radius 3 is 2.69 bits per heavy atom. The lowest BCUT2D eigenvalue weighted by Crippen LogP contribution is -2.49. The topological polar surface area (TPSA) is 33.2 Å². The minimum atomic E-state index is -0.647. The molecule has 1 saturated carbocycles. The van der Waals surface area contributed by atoms with Crippen molar-refractivity contribution in [2.45, 2.75) is 39.0 Å². The molecule has 1 aliphatic carbocycles. The third kappa shape index (κ3) is 3.91. The summed E-state index contributed by atoms with van der Waals surface area (Å²) >= 11 is 6.15. The van der Waals surface area contributed by atoms with E-state index in [2.05, 4.69) is 35.9 Å². The van der Waals surface area contributed by atoms with Crippen LogP contribution >= 0.6 is 11.6 Å². The first-order chi connectivity index (χ1) is 12.5. The average Bonchev–Trinajstić information content (AvgIpc) is 3.39. The SMILES string of the molecule is CC(C)c1ccc(N2CC(CS(=O)CCC3CC3)C2)c2cnc(Cl)cc12. The second-order valence-electron chi connectivity index (χ2n) is 8.19. The van der Waals surface area contributed by atoms with Gasteiger partial charge in [-0.1, -0.05) is 44.4 Å². The Morgan fingerprint density at radius 2 is 2.00 bits per heavy atom. The van der Waals surface area contributed by atoms with Crippen LogP contribution in [0.1, 0.15) is 44.6 Å². The molecule has 2 aliphatic rings. The van der Waals surface area contributed by atoms with E-state index in [1.165, 1.54) is 34.9 Å². The fourth-order valence-corrected chi connectivity index (χ4v) is 5.58. The minimum Gasteiger partial charge on any atom is -0.370 e. The first kappa shape index (κ1) is 18.2. The maximum Gasteiger partial charge on any atom is 0.129 e. The molecule has 1 aliphatic heterocycles. The van der Waals surface area contributed by atoms with Crippen LogP contribution in [0, 0.1) is 11.8 Å². The highest BCUT2D eigenvalue weighted by molar-refractivity contribution is 7.84. The van der Waals surface area contributed by atoms with Crippen LogP contribution in [-0.4, -0.2) is 33.8 Å². The summed E-state index contributed by atoms with van der Waals surface area (Å²) in [5.74, 6) is 3.63. The highest BCUT2D eigenvalue weighted by Gasteiger charge is 2.30. The lowest BCUT2D eigenvalue weighted by Gasteiger charge is -2.41. The lowest BCUT2D eigenvalue weighted by atomic mass is 9.94. The first-order valence-corrected chi connectivity index (χ1v) is 11.6. The van der Waals surface area contributed by atoms with Gasteiger partial charge in [-0.3, -0.25) is 4.21 Å². The van der Waals surface area contributed by atoms with E-state index < -0.39 is 10.8 Å². The van der Waals surface area contributed by atoms with Gasteiger partial charge < -0.3 is 4.90 Å². The van der Waals surface area contributed by atoms with E-state index in [1.54, 1.807) is 0 Å². The molecule has 3 nitrogen and oxygen atoms in total. The molecular weight excluding hydrogens is 364 g/mol. The van der Waals surface area contributed by atoms with E-state index in [9.17, 15) is 4.21 Å². The summed E-state index contributed by atoms with van der Waals surface area (Å²) in [4.78, 5) is 6.71. The van der Waals surface area contributed by atoms with Crippen LogP contribution in [-0.2, 0) is 10.8 Å². The molecule has 140 valence electrons. The number of fused-ring (bicyclic) bond motifs is 1. The first-order valence-electron chi connectivity index (χ1n) is 9.69. The number of aromatic nitrogens is 1. The van der Waals surface area contributed by atoms with Crippen molar-refractivity contribution in [1.82, 2.24) is 4.98 Å². The monoisotopic (exact) mass is 390 g/mol. The van der Waals surface area contributed by atoms with Gasteiger partial charge in [0.05, 0.1) is 0 Å². The summed E-state index contributed by atoms with van der Waals surface area (Å²) < 4.78 is 12.3. The molecule has 0 spiro atoms. The minimum absolute atomic E-state index is 0.447. The smallest absolute Gasteiger partial charge is 0.129 e. The maximum atomic E-state index is 12.3. The molecule has 1 saturated heterocycles. The predicted octanol–water partition coefficient (Wildman–Crippen LogP) is 5.00. The molecule has 2 heterocycles. The van der Waals surface area contributed by atoms with Crippen LogP contribution in [0.2, 0.25) is 5.15 Å². The van der Waals surface area contributed by atoms with Crippen LogP contribution in [0.25, 0.3) is 10.8 Å². The molecule has 26 heavy (non-hydrogen) atoms. The Balaban J connectivity index is 1.45. The summed E-state index contributed by atoms with van der Waals surface area (Å²) in [6, 6.07) is 6.42. The van der Waals surface area contributed by atoms with Gasteiger partial charge in [0.2, 0.25) is 0 Å². The van der Waals surface area contributed by atoms with Crippen LogP contribution in [0.5, 0.6) is 0 Å². The van der Waals surface area contributed by atoms with Crippen molar-refractivity contribution in [3.63, 3.8) is 0 Å². The van der Waals surface area contributed by atoms with Gasteiger partial charge in [-0.15, -0.1) is 0 Å². The molecule has 1 aromatic carbocycles. The molecule has 4 rings (SSSR count). The summed E-state index contributed by atoms with van der Waals surface area (Å²) in [7, 11) is -0.647. The van der Waals surface area contributed by atoms with E-state index in [0.717, 1.165) is 36.9 Å². The molecule has 2 fully saturated rings. The molecule has 1 aromatic heterocycles. The van der Waals surface area contributed by atoms with E-state index in [-0.39, 0.29) is 0 Å². The molecule has 0 N–H and O–H groups in total. The van der Waals surface area contributed by atoms with Crippen LogP contribution in [0.4, 0.5) is 5.69 Å². The highest BCUT2D eigenvalue weighted by Crippen LogP contribution is 2.37. The normalized spacial score (nSPS) is 19.2. The molecule has 0 amide bonds. The Morgan fingerprint density at radius 1 is 1.23 bits per heavy atom. The van der Waals surface area contributed by atoms with Gasteiger partial charge in [-0.2, -0.15) is 0 Å². The van der Waals surface area contributed by atoms with E-state index in [1.807, 2.05) is 12.3 Å². The number of hydrogen-bond donors (Lipinski definition) is 0.